The number of hydrogen-bond acceptors (Lipinski definition) is 6. The van der Waals surface area contributed by atoms with Crippen LogP contribution in [0.1, 0.15) is 19.8 Å². The van der Waals surface area contributed by atoms with Gasteiger partial charge in [0.25, 0.3) is 5.69 Å². The van der Waals surface area contributed by atoms with E-state index in [-0.39, 0.29) is 41.5 Å². The molecule has 0 unspecified atom stereocenters. The zero-order valence-electron chi connectivity index (χ0n) is 13.9. The fourth-order valence-corrected chi connectivity index (χ4v) is 3.80. The van der Waals surface area contributed by atoms with Gasteiger partial charge in [-0.25, -0.2) is 13.1 Å². The zero-order valence-corrected chi connectivity index (χ0v) is 14.7. The van der Waals surface area contributed by atoms with Crippen LogP contribution in [-0.2, 0) is 14.8 Å². The van der Waals surface area contributed by atoms with Gasteiger partial charge in [0, 0.05) is 37.2 Å². The van der Waals surface area contributed by atoms with Crippen LogP contribution in [0.5, 0.6) is 0 Å². The number of nitro benzene ring substituents is 1. The van der Waals surface area contributed by atoms with E-state index in [1.165, 1.54) is 18.2 Å². The molecule has 0 aromatic heterocycles. The summed E-state index contributed by atoms with van der Waals surface area (Å²) in [5, 5.41) is 16.7. The first-order valence-electron chi connectivity index (χ1n) is 8.05. The second-order valence-corrected chi connectivity index (χ2v) is 7.79. The van der Waals surface area contributed by atoms with Crippen molar-refractivity contribution in [1.82, 2.24) is 15.4 Å². The number of benzene rings is 1. The molecule has 0 spiro atoms. The molecule has 0 radical (unpaired) electrons. The SMILES string of the molecule is C[C@H]1C[C@@H](C(=O)NCCNS(=O)(=O)c2cccc([N+](=O)[O-])c2)CCN1. The lowest BCUT2D eigenvalue weighted by Gasteiger charge is -2.27. The number of rotatable bonds is 7. The number of hydrogen-bond donors (Lipinski definition) is 3. The Labute approximate surface area is 146 Å². The molecule has 2 atom stereocenters. The van der Waals surface area contributed by atoms with Crippen LogP contribution >= 0.6 is 0 Å². The molecule has 9 nitrogen and oxygen atoms in total. The van der Waals surface area contributed by atoms with Gasteiger partial charge in [0.2, 0.25) is 15.9 Å². The number of nitrogens with one attached hydrogen (secondary N) is 3. The second-order valence-electron chi connectivity index (χ2n) is 6.02. The van der Waals surface area contributed by atoms with Gasteiger partial charge in [-0.15, -0.1) is 0 Å². The minimum absolute atomic E-state index is 0.0112. The van der Waals surface area contributed by atoms with Crippen molar-refractivity contribution in [3.63, 3.8) is 0 Å². The fraction of sp³-hybridized carbons (Fsp3) is 0.533. The smallest absolute Gasteiger partial charge is 0.270 e. The average molecular weight is 370 g/mol. The lowest BCUT2D eigenvalue weighted by molar-refractivity contribution is -0.385. The van der Waals surface area contributed by atoms with Crippen LogP contribution in [0.25, 0.3) is 0 Å². The van der Waals surface area contributed by atoms with E-state index in [1.54, 1.807) is 0 Å². The van der Waals surface area contributed by atoms with Crippen molar-refractivity contribution >= 4 is 21.6 Å². The molecular formula is C15H22N4O5S. The Kier molecular flexibility index (Phi) is 6.45. The molecule has 0 bridgehead atoms. The van der Waals surface area contributed by atoms with Gasteiger partial charge in [0.05, 0.1) is 9.82 Å². The highest BCUT2D eigenvalue weighted by Gasteiger charge is 2.24. The molecule has 1 amide bonds. The Bertz CT molecular complexity index is 737. The van der Waals surface area contributed by atoms with Gasteiger partial charge in [0.15, 0.2) is 0 Å². The summed E-state index contributed by atoms with van der Waals surface area (Å²) in [7, 11) is -3.86. The van der Waals surface area contributed by atoms with Crippen LogP contribution in [0.4, 0.5) is 5.69 Å². The lowest BCUT2D eigenvalue weighted by Crippen LogP contribution is -2.44. The number of piperidine rings is 1. The highest BCUT2D eigenvalue weighted by molar-refractivity contribution is 7.89. The van der Waals surface area contributed by atoms with E-state index in [4.69, 9.17) is 0 Å². The van der Waals surface area contributed by atoms with Crippen molar-refractivity contribution in [2.24, 2.45) is 5.92 Å². The van der Waals surface area contributed by atoms with Crippen LogP contribution in [0, 0.1) is 16.0 Å². The van der Waals surface area contributed by atoms with E-state index in [9.17, 15) is 23.3 Å². The zero-order chi connectivity index (χ0) is 18.4. The summed E-state index contributed by atoms with van der Waals surface area (Å²) in [6.45, 7) is 2.98. The molecule has 10 heteroatoms. The standard InChI is InChI=1S/C15H22N4O5S/c1-11-9-12(5-6-16-11)15(20)17-7-8-18-25(23,24)14-4-2-3-13(10-14)19(21)22/h2-4,10-12,16,18H,5-9H2,1H3,(H,17,20)/t11-,12-/m0/s1. The van der Waals surface area contributed by atoms with Gasteiger partial charge in [-0.3, -0.25) is 14.9 Å². The van der Waals surface area contributed by atoms with Gasteiger partial charge in [-0.1, -0.05) is 6.07 Å². The van der Waals surface area contributed by atoms with Gasteiger partial charge in [-0.2, -0.15) is 0 Å². The van der Waals surface area contributed by atoms with Gasteiger partial charge >= 0.3 is 0 Å². The average Bonchev–Trinajstić information content (AvgIpc) is 2.58. The minimum atomic E-state index is -3.86. The molecule has 1 saturated heterocycles. The summed E-state index contributed by atoms with van der Waals surface area (Å²) in [4.78, 5) is 22.0. The van der Waals surface area contributed by atoms with Crippen molar-refractivity contribution in [3.8, 4) is 0 Å². The van der Waals surface area contributed by atoms with E-state index in [0.29, 0.717) is 0 Å². The predicted molar refractivity (Wildman–Crippen MR) is 91.5 cm³/mol. The number of non-ortho nitro benzene ring substituents is 1. The number of carbonyl (C=O) groups excluding carboxylic acids is 1. The van der Waals surface area contributed by atoms with Crippen LogP contribution in [0.2, 0.25) is 0 Å². The van der Waals surface area contributed by atoms with E-state index < -0.39 is 14.9 Å². The third kappa shape index (κ3) is 5.48. The van der Waals surface area contributed by atoms with E-state index in [2.05, 4.69) is 15.4 Å². The Morgan fingerprint density at radius 2 is 2.16 bits per heavy atom. The molecule has 1 heterocycles. The van der Waals surface area contributed by atoms with E-state index in [1.807, 2.05) is 6.92 Å². The van der Waals surface area contributed by atoms with Gasteiger partial charge in [0.1, 0.15) is 0 Å². The van der Waals surface area contributed by atoms with Crippen molar-refractivity contribution in [2.75, 3.05) is 19.6 Å². The van der Waals surface area contributed by atoms with Crippen molar-refractivity contribution < 1.29 is 18.1 Å². The summed E-state index contributed by atoms with van der Waals surface area (Å²) in [6, 6.07) is 5.10. The lowest BCUT2D eigenvalue weighted by atomic mass is 9.92. The van der Waals surface area contributed by atoms with Crippen molar-refractivity contribution in [3.05, 3.63) is 34.4 Å². The van der Waals surface area contributed by atoms with Crippen LogP contribution in [0.15, 0.2) is 29.2 Å². The summed E-state index contributed by atoms with van der Waals surface area (Å²) in [5.41, 5.74) is -0.295. The Morgan fingerprint density at radius 1 is 1.40 bits per heavy atom. The highest BCUT2D eigenvalue weighted by Crippen LogP contribution is 2.17. The maximum Gasteiger partial charge on any atom is 0.270 e. The molecular weight excluding hydrogens is 348 g/mol. The Hall–Kier alpha value is -2.04. The molecule has 25 heavy (non-hydrogen) atoms. The molecule has 0 aliphatic carbocycles. The first-order valence-corrected chi connectivity index (χ1v) is 9.53. The number of carbonyl (C=O) groups is 1. The molecule has 138 valence electrons. The van der Waals surface area contributed by atoms with Crippen LogP contribution < -0.4 is 15.4 Å². The largest absolute Gasteiger partial charge is 0.355 e. The monoisotopic (exact) mass is 370 g/mol. The molecule has 1 aliphatic heterocycles. The third-order valence-electron chi connectivity index (χ3n) is 4.05. The molecule has 2 rings (SSSR count). The summed E-state index contributed by atoms with van der Waals surface area (Å²) >= 11 is 0. The van der Waals surface area contributed by atoms with Crippen molar-refractivity contribution in [1.29, 1.82) is 0 Å². The van der Waals surface area contributed by atoms with Gasteiger partial charge < -0.3 is 10.6 Å². The molecule has 3 N–H and O–H groups in total. The minimum Gasteiger partial charge on any atom is -0.355 e. The molecule has 0 saturated carbocycles. The molecule has 1 fully saturated rings. The quantitative estimate of drug-likeness (QED) is 0.361. The van der Waals surface area contributed by atoms with Crippen LogP contribution in [-0.4, -0.2) is 44.9 Å². The van der Waals surface area contributed by atoms with Crippen LogP contribution in [0.3, 0.4) is 0 Å². The first kappa shape index (κ1) is 19.3. The first-order chi connectivity index (χ1) is 11.8. The molecule has 1 aromatic rings. The number of nitro groups is 1. The molecule has 1 aromatic carbocycles. The number of sulfonamides is 1. The third-order valence-corrected chi connectivity index (χ3v) is 5.51. The topological polar surface area (TPSA) is 130 Å². The number of amides is 1. The normalized spacial score (nSPS) is 20.8. The van der Waals surface area contributed by atoms with E-state index >= 15 is 0 Å². The second kappa shape index (κ2) is 8.37. The van der Waals surface area contributed by atoms with E-state index in [0.717, 1.165) is 25.5 Å². The Balaban J connectivity index is 1.83. The highest BCUT2D eigenvalue weighted by atomic mass is 32.2. The fourth-order valence-electron chi connectivity index (χ4n) is 2.73. The summed E-state index contributed by atoms with van der Waals surface area (Å²) < 4.78 is 26.6. The predicted octanol–water partition coefficient (Wildman–Crippen LogP) is 0.377. The summed E-state index contributed by atoms with van der Waals surface area (Å²) in [5.74, 6) is -0.146. The molecule has 1 aliphatic rings. The summed E-state index contributed by atoms with van der Waals surface area (Å²) in [6.07, 6.45) is 1.51. The van der Waals surface area contributed by atoms with Crippen molar-refractivity contribution in [2.45, 2.75) is 30.7 Å². The van der Waals surface area contributed by atoms with Gasteiger partial charge in [-0.05, 0) is 32.4 Å². The Morgan fingerprint density at radius 3 is 2.84 bits per heavy atom. The maximum absolute atomic E-state index is 12.1. The maximum atomic E-state index is 12.1. The number of nitrogens with zero attached hydrogens (tertiary/aromatic N) is 1.